The lowest BCUT2D eigenvalue weighted by atomic mass is 10.0. The van der Waals surface area contributed by atoms with E-state index in [1.807, 2.05) is 6.92 Å². The van der Waals surface area contributed by atoms with E-state index in [9.17, 15) is 17.6 Å². The number of nitrogens with zero attached hydrogens (tertiary/aromatic N) is 2. The highest BCUT2D eigenvalue weighted by Gasteiger charge is 2.27. The van der Waals surface area contributed by atoms with Gasteiger partial charge in [-0.1, -0.05) is 13.3 Å². The topological polar surface area (TPSA) is 96.3 Å². The molecule has 0 radical (unpaired) electrons. The van der Waals surface area contributed by atoms with E-state index in [0.29, 0.717) is 12.8 Å². The van der Waals surface area contributed by atoms with E-state index in [4.69, 9.17) is 6.57 Å². The van der Waals surface area contributed by atoms with Gasteiger partial charge in [0.15, 0.2) is 5.82 Å². The third kappa shape index (κ3) is 3.89. The van der Waals surface area contributed by atoms with Crippen molar-refractivity contribution in [3.05, 3.63) is 64.8 Å². The number of H-pyrrole nitrogens is 1. The molecule has 3 aromatic rings. The van der Waals surface area contributed by atoms with Crippen LogP contribution in [-0.2, 0) is 10.0 Å². The number of ketones is 1. The van der Waals surface area contributed by atoms with Gasteiger partial charge in [-0.25, -0.2) is 22.0 Å². The Kier molecular flexibility index (Phi) is 5.85. The molecule has 0 amide bonds. The Morgan fingerprint density at radius 3 is 2.77 bits per heavy atom. The summed E-state index contributed by atoms with van der Waals surface area (Å²) in [6.45, 7) is 10.4. The number of nitrogens with one attached hydrogen (secondary N) is 2. The SMILES string of the molecule is [C-]#[N+]c1cnc2[nH]cc(C(=O)c3c(F)ccc(NS(=O)(=O)C(C)CCC)c3F)c2c1. The maximum atomic E-state index is 15.0. The Morgan fingerprint density at radius 1 is 1.37 bits per heavy atom. The molecule has 0 spiro atoms. The van der Waals surface area contributed by atoms with Crippen molar-refractivity contribution in [3.63, 3.8) is 0 Å². The van der Waals surface area contributed by atoms with Crippen LogP contribution in [0, 0.1) is 18.2 Å². The highest BCUT2D eigenvalue weighted by atomic mass is 32.2. The van der Waals surface area contributed by atoms with Gasteiger partial charge in [-0.05, 0) is 31.5 Å². The zero-order valence-corrected chi connectivity index (χ0v) is 17.0. The average molecular weight is 432 g/mol. The molecule has 1 unspecified atom stereocenters. The first-order chi connectivity index (χ1) is 14.2. The highest BCUT2D eigenvalue weighted by Crippen LogP contribution is 2.29. The van der Waals surface area contributed by atoms with Crippen LogP contribution in [0.4, 0.5) is 20.2 Å². The summed E-state index contributed by atoms with van der Waals surface area (Å²) in [4.78, 5) is 22.9. The molecule has 156 valence electrons. The van der Waals surface area contributed by atoms with Crippen LogP contribution < -0.4 is 4.72 Å². The number of sulfonamides is 1. The smallest absolute Gasteiger partial charge is 0.235 e. The Bertz CT molecular complexity index is 1280. The molecular weight excluding hydrogens is 414 g/mol. The van der Waals surface area contributed by atoms with Crippen molar-refractivity contribution in [3.8, 4) is 0 Å². The molecule has 30 heavy (non-hydrogen) atoms. The van der Waals surface area contributed by atoms with Crippen LogP contribution in [0.5, 0.6) is 0 Å². The molecule has 2 N–H and O–H groups in total. The van der Waals surface area contributed by atoms with Crippen LogP contribution in [0.1, 0.15) is 42.6 Å². The number of pyridine rings is 1. The largest absolute Gasteiger partial charge is 0.345 e. The quantitative estimate of drug-likeness (QED) is 0.423. The minimum absolute atomic E-state index is 0.0832. The lowest BCUT2D eigenvalue weighted by Gasteiger charge is -2.15. The normalized spacial score (nSPS) is 12.5. The fourth-order valence-electron chi connectivity index (χ4n) is 3.03. The summed E-state index contributed by atoms with van der Waals surface area (Å²) >= 11 is 0. The monoisotopic (exact) mass is 432 g/mol. The Morgan fingerprint density at radius 2 is 2.10 bits per heavy atom. The number of aromatic nitrogens is 2. The van der Waals surface area contributed by atoms with Gasteiger partial charge in [0.05, 0.1) is 23.1 Å². The second-order valence-electron chi connectivity index (χ2n) is 6.76. The predicted molar refractivity (Wildman–Crippen MR) is 109 cm³/mol. The first kappa shape index (κ1) is 21.4. The van der Waals surface area contributed by atoms with Crippen molar-refractivity contribution in [2.75, 3.05) is 4.72 Å². The molecule has 2 aromatic heterocycles. The van der Waals surface area contributed by atoms with Gasteiger partial charge in [0.1, 0.15) is 11.5 Å². The van der Waals surface area contributed by atoms with Crippen LogP contribution in [0.2, 0.25) is 0 Å². The van der Waals surface area contributed by atoms with E-state index in [1.54, 1.807) is 0 Å². The first-order valence-corrected chi connectivity index (χ1v) is 10.6. The third-order valence-electron chi connectivity index (χ3n) is 4.69. The third-order valence-corrected chi connectivity index (χ3v) is 6.49. The van der Waals surface area contributed by atoms with Gasteiger partial charge < -0.3 is 4.98 Å². The molecule has 0 saturated carbocycles. The van der Waals surface area contributed by atoms with E-state index in [0.717, 1.165) is 12.1 Å². The van der Waals surface area contributed by atoms with Gasteiger partial charge in [-0.15, -0.1) is 0 Å². The number of rotatable bonds is 7. The minimum Gasteiger partial charge on any atom is -0.345 e. The summed E-state index contributed by atoms with van der Waals surface area (Å²) in [6, 6.07) is 3.15. The van der Waals surface area contributed by atoms with Crippen LogP contribution in [0.3, 0.4) is 0 Å². The summed E-state index contributed by atoms with van der Waals surface area (Å²) < 4.78 is 56.3. The zero-order valence-electron chi connectivity index (χ0n) is 16.2. The molecule has 1 aromatic carbocycles. The van der Waals surface area contributed by atoms with E-state index < -0.39 is 43.9 Å². The Labute approximate surface area is 172 Å². The molecule has 0 aliphatic carbocycles. The van der Waals surface area contributed by atoms with Crippen LogP contribution in [-0.4, -0.2) is 29.4 Å². The number of fused-ring (bicyclic) bond motifs is 1. The molecule has 3 rings (SSSR count). The molecule has 1 atom stereocenters. The van der Waals surface area contributed by atoms with Crippen LogP contribution in [0.25, 0.3) is 15.9 Å². The summed E-state index contributed by atoms with van der Waals surface area (Å²) in [7, 11) is -3.92. The van der Waals surface area contributed by atoms with E-state index >= 15 is 4.39 Å². The second-order valence-corrected chi connectivity index (χ2v) is 8.86. The average Bonchev–Trinajstić information content (AvgIpc) is 3.13. The number of hydrogen-bond donors (Lipinski definition) is 2. The number of carbonyl (C=O) groups excluding carboxylic acids is 1. The van der Waals surface area contributed by atoms with Crippen molar-refractivity contribution in [2.45, 2.75) is 31.9 Å². The zero-order chi connectivity index (χ0) is 22.1. The standard InChI is InChI=1S/C20H18F2N4O3S/c1-4-5-11(2)30(28,29)26-16-7-6-15(21)17(18(16)22)19(27)14-10-25-20-13(14)8-12(23-3)9-24-20/h6-11,26H,4-5H2,1-2H3,(H,24,25). The Balaban J connectivity index is 2.06. The minimum atomic E-state index is -3.92. The number of anilines is 1. The molecule has 2 heterocycles. The van der Waals surface area contributed by atoms with Crippen molar-refractivity contribution in [2.24, 2.45) is 0 Å². The summed E-state index contributed by atoms with van der Waals surface area (Å²) in [5.74, 6) is -3.44. The van der Waals surface area contributed by atoms with Crippen molar-refractivity contribution >= 4 is 38.2 Å². The van der Waals surface area contributed by atoms with Crippen LogP contribution >= 0.6 is 0 Å². The summed E-state index contributed by atoms with van der Waals surface area (Å²) in [6.07, 6.45) is 3.51. The molecule has 0 fully saturated rings. The fraction of sp³-hybridized carbons (Fsp3) is 0.250. The van der Waals surface area contributed by atoms with Gasteiger partial charge in [0.2, 0.25) is 21.5 Å². The number of halogens is 2. The number of hydrogen-bond acceptors (Lipinski definition) is 4. The van der Waals surface area contributed by atoms with Crippen molar-refractivity contribution in [1.82, 2.24) is 9.97 Å². The fourth-order valence-corrected chi connectivity index (χ4v) is 4.24. The second kappa shape index (κ2) is 8.20. The maximum Gasteiger partial charge on any atom is 0.235 e. The number of carbonyl (C=O) groups is 1. The Hall–Kier alpha value is -3.32. The maximum absolute atomic E-state index is 15.0. The molecule has 0 saturated heterocycles. The molecular formula is C20H18F2N4O3S. The first-order valence-electron chi connectivity index (χ1n) is 9.08. The highest BCUT2D eigenvalue weighted by molar-refractivity contribution is 7.93. The van der Waals surface area contributed by atoms with E-state index in [-0.39, 0.29) is 22.3 Å². The molecule has 0 aliphatic rings. The lowest BCUT2D eigenvalue weighted by Crippen LogP contribution is -2.26. The van der Waals surface area contributed by atoms with Crippen molar-refractivity contribution < 1.29 is 22.0 Å². The van der Waals surface area contributed by atoms with Gasteiger partial charge in [-0.2, -0.15) is 0 Å². The van der Waals surface area contributed by atoms with Crippen molar-refractivity contribution in [1.29, 1.82) is 0 Å². The molecule has 0 bridgehead atoms. The summed E-state index contributed by atoms with van der Waals surface area (Å²) in [5.41, 5.74) is -1.06. The van der Waals surface area contributed by atoms with Crippen LogP contribution in [0.15, 0.2) is 30.6 Å². The molecule has 7 nitrogen and oxygen atoms in total. The number of benzene rings is 1. The van der Waals surface area contributed by atoms with E-state index in [1.165, 1.54) is 25.4 Å². The molecule has 10 heteroatoms. The molecule has 0 aliphatic heterocycles. The number of aromatic amines is 1. The lowest BCUT2D eigenvalue weighted by molar-refractivity contribution is 0.103. The van der Waals surface area contributed by atoms with E-state index in [2.05, 4.69) is 19.5 Å². The summed E-state index contributed by atoms with van der Waals surface area (Å²) in [5, 5.41) is -0.562. The van der Waals surface area contributed by atoms with Gasteiger partial charge in [-0.3, -0.25) is 14.5 Å². The van der Waals surface area contributed by atoms with Gasteiger partial charge in [0, 0.05) is 23.3 Å². The van der Waals surface area contributed by atoms with Gasteiger partial charge >= 0.3 is 0 Å². The van der Waals surface area contributed by atoms with Gasteiger partial charge in [0.25, 0.3) is 0 Å². The predicted octanol–water partition coefficient (Wildman–Crippen LogP) is 4.55.